The Hall–Kier alpha value is -1.06. The summed E-state index contributed by atoms with van der Waals surface area (Å²) in [4.78, 5) is 2.57. The van der Waals surface area contributed by atoms with Crippen molar-refractivity contribution in [2.24, 2.45) is 0 Å². The van der Waals surface area contributed by atoms with Gasteiger partial charge in [-0.2, -0.15) is 0 Å². The molecule has 1 saturated heterocycles. The van der Waals surface area contributed by atoms with E-state index in [2.05, 4.69) is 42.3 Å². The highest BCUT2D eigenvalue weighted by molar-refractivity contribution is 5.31. The maximum Gasteiger partial charge on any atom is 0.122 e. The normalized spacial score (nSPS) is 19.0. The maximum atomic E-state index is 5.91. The van der Waals surface area contributed by atoms with Gasteiger partial charge in [-0.3, -0.25) is 4.90 Å². The molecule has 0 saturated carbocycles. The molecule has 0 aliphatic carbocycles. The van der Waals surface area contributed by atoms with Crippen molar-refractivity contribution < 1.29 is 4.74 Å². The minimum atomic E-state index is 0.695. The van der Waals surface area contributed by atoms with Crippen molar-refractivity contribution in [3.8, 4) is 5.75 Å². The number of para-hydroxylation sites is 1. The van der Waals surface area contributed by atoms with Crippen LogP contribution in [0.4, 0.5) is 0 Å². The average molecular weight is 262 g/mol. The Labute approximate surface area is 116 Å². The number of rotatable bonds is 7. The highest BCUT2D eigenvalue weighted by Gasteiger charge is 2.21. The summed E-state index contributed by atoms with van der Waals surface area (Å²) < 4.78 is 5.91. The first-order valence-electron chi connectivity index (χ1n) is 7.44. The summed E-state index contributed by atoms with van der Waals surface area (Å²) in [6.07, 6.45) is 2.48. The summed E-state index contributed by atoms with van der Waals surface area (Å²) >= 11 is 0. The predicted octanol–water partition coefficient (Wildman–Crippen LogP) is 2.45. The van der Waals surface area contributed by atoms with Crippen LogP contribution in [0.15, 0.2) is 24.3 Å². The first-order valence-corrected chi connectivity index (χ1v) is 7.44. The Morgan fingerprint density at radius 2 is 2.16 bits per heavy atom. The van der Waals surface area contributed by atoms with E-state index in [4.69, 9.17) is 4.74 Å². The summed E-state index contributed by atoms with van der Waals surface area (Å²) in [6.45, 7) is 9.60. The van der Waals surface area contributed by atoms with E-state index in [9.17, 15) is 0 Å². The summed E-state index contributed by atoms with van der Waals surface area (Å²) in [5.41, 5.74) is 1.21. The lowest BCUT2D eigenvalue weighted by Crippen LogP contribution is -2.40. The van der Waals surface area contributed by atoms with Gasteiger partial charge in [0.15, 0.2) is 0 Å². The zero-order valence-corrected chi connectivity index (χ0v) is 12.2. The maximum absolute atomic E-state index is 5.91. The van der Waals surface area contributed by atoms with Gasteiger partial charge in [-0.1, -0.05) is 25.1 Å². The van der Waals surface area contributed by atoms with E-state index in [0.29, 0.717) is 6.04 Å². The number of hydrogen-bond acceptors (Lipinski definition) is 3. The fourth-order valence-corrected chi connectivity index (χ4v) is 2.71. The van der Waals surface area contributed by atoms with Crippen LogP contribution in [0.25, 0.3) is 0 Å². The van der Waals surface area contributed by atoms with Crippen LogP contribution in [-0.4, -0.2) is 43.7 Å². The quantitative estimate of drug-likeness (QED) is 0.817. The van der Waals surface area contributed by atoms with Crippen molar-refractivity contribution in [3.63, 3.8) is 0 Å². The van der Waals surface area contributed by atoms with Gasteiger partial charge < -0.3 is 10.1 Å². The molecule has 19 heavy (non-hydrogen) atoms. The molecular weight excluding hydrogens is 236 g/mol. The van der Waals surface area contributed by atoms with Crippen molar-refractivity contribution in [3.05, 3.63) is 29.8 Å². The monoisotopic (exact) mass is 262 g/mol. The summed E-state index contributed by atoms with van der Waals surface area (Å²) in [5, 5.41) is 3.45. The summed E-state index contributed by atoms with van der Waals surface area (Å²) in [7, 11) is 0. The molecule has 3 heteroatoms. The van der Waals surface area contributed by atoms with Crippen molar-refractivity contribution in [1.82, 2.24) is 10.2 Å². The van der Waals surface area contributed by atoms with E-state index in [1.165, 1.54) is 24.9 Å². The van der Waals surface area contributed by atoms with Crippen LogP contribution in [-0.2, 0) is 0 Å². The molecular formula is C16H26N2O. The Balaban J connectivity index is 1.80. The lowest BCUT2D eigenvalue weighted by Gasteiger charge is -2.27. The molecule has 1 unspecified atom stereocenters. The Bertz CT molecular complexity index is 375. The molecule has 2 rings (SSSR count). The number of nitrogens with zero attached hydrogens (tertiary/aromatic N) is 1. The number of aryl methyl sites for hydroxylation is 1. The standard InChI is InChI=1S/C16H26N2O/c1-3-10-18(15-8-9-17-13-15)11-12-19-16-7-5-4-6-14(16)2/h4-7,15,17H,3,8-13H2,1-2H3. The first kappa shape index (κ1) is 14.4. The first-order chi connectivity index (χ1) is 9.31. The van der Waals surface area contributed by atoms with Crippen LogP contribution < -0.4 is 10.1 Å². The number of benzene rings is 1. The number of ether oxygens (including phenoxy) is 1. The van der Waals surface area contributed by atoms with Gasteiger partial charge in [0, 0.05) is 19.1 Å². The third kappa shape index (κ3) is 4.22. The highest BCUT2D eigenvalue weighted by atomic mass is 16.5. The second kappa shape index (κ2) is 7.51. The van der Waals surface area contributed by atoms with Gasteiger partial charge in [-0.05, 0) is 44.5 Å². The Morgan fingerprint density at radius 3 is 2.84 bits per heavy atom. The van der Waals surface area contributed by atoms with Crippen molar-refractivity contribution in [1.29, 1.82) is 0 Å². The largest absolute Gasteiger partial charge is 0.492 e. The lowest BCUT2D eigenvalue weighted by molar-refractivity contribution is 0.167. The SMILES string of the molecule is CCCN(CCOc1ccccc1C)C1CCNC1. The van der Waals surface area contributed by atoms with Crippen molar-refractivity contribution in [2.45, 2.75) is 32.7 Å². The zero-order valence-electron chi connectivity index (χ0n) is 12.2. The van der Waals surface area contributed by atoms with Crippen molar-refractivity contribution in [2.75, 3.05) is 32.8 Å². The molecule has 1 fully saturated rings. The van der Waals surface area contributed by atoms with Crippen LogP contribution >= 0.6 is 0 Å². The van der Waals surface area contributed by atoms with Crippen LogP contribution in [0.5, 0.6) is 5.75 Å². The van der Waals surface area contributed by atoms with Gasteiger partial charge in [0.2, 0.25) is 0 Å². The highest BCUT2D eigenvalue weighted by Crippen LogP contribution is 2.16. The molecule has 1 heterocycles. The number of hydrogen-bond donors (Lipinski definition) is 1. The van der Waals surface area contributed by atoms with E-state index in [1.807, 2.05) is 6.07 Å². The van der Waals surface area contributed by atoms with Crippen LogP contribution in [0.3, 0.4) is 0 Å². The fraction of sp³-hybridized carbons (Fsp3) is 0.625. The minimum absolute atomic E-state index is 0.695. The Morgan fingerprint density at radius 1 is 1.32 bits per heavy atom. The summed E-state index contributed by atoms with van der Waals surface area (Å²) in [6, 6.07) is 8.93. The molecule has 1 aromatic rings. The third-order valence-electron chi connectivity index (χ3n) is 3.79. The van der Waals surface area contributed by atoms with Crippen LogP contribution in [0.2, 0.25) is 0 Å². The molecule has 1 atom stereocenters. The van der Waals surface area contributed by atoms with E-state index in [1.54, 1.807) is 0 Å². The molecule has 1 aliphatic heterocycles. The summed E-state index contributed by atoms with van der Waals surface area (Å²) in [5.74, 6) is 1.02. The van der Waals surface area contributed by atoms with Gasteiger partial charge in [0.05, 0.1) is 0 Å². The van der Waals surface area contributed by atoms with E-state index >= 15 is 0 Å². The molecule has 0 spiro atoms. The van der Waals surface area contributed by atoms with Gasteiger partial charge in [-0.15, -0.1) is 0 Å². The lowest BCUT2D eigenvalue weighted by atomic mass is 10.2. The fourth-order valence-electron chi connectivity index (χ4n) is 2.71. The molecule has 3 nitrogen and oxygen atoms in total. The van der Waals surface area contributed by atoms with Gasteiger partial charge in [-0.25, -0.2) is 0 Å². The van der Waals surface area contributed by atoms with Crippen molar-refractivity contribution >= 4 is 0 Å². The predicted molar refractivity (Wildman–Crippen MR) is 79.8 cm³/mol. The number of nitrogens with one attached hydrogen (secondary N) is 1. The van der Waals surface area contributed by atoms with Crippen LogP contribution in [0.1, 0.15) is 25.3 Å². The van der Waals surface area contributed by atoms with Gasteiger partial charge in [0.25, 0.3) is 0 Å². The van der Waals surface area contributed by atoms with Crippen LogP contribution in [0, 0.1) is 6.92 Å². The second-order valence-corrected chi connectivity index (χ2v) is 5.30. The molecule has 0 bridgehead atoms. The van der Waals surface area contributed by atoms with E-state index in [0.717, 1.165) is 32.0 Å². The Kier molecular flexibility index (Phi) is 5.67. The van der Waals surface area contributed by atoms with Gasteiger partial charge in [0.1, 0.15) is 12.4 Å². The molecule has 0 radical (unpaired) electrons. The van der Waals surface area contributed by atoms with E-state index in [-0.39, 0.29) is 0 Å². The smallest absolute Gasteiger partial charge is 0.122 e. The second-order valence-electron chi connectivity index (χ2n) is 5.30. The molecule has 0 aromatic heterocycles. The molecule has 1 N–H and O–H groups in total. The molecule has 1 aromatic carbocycles. The third-order valence-corrected chi connectivity index (χ3v) is 3.79. The zero-order chi connectivity index (χ0) is 13.5. The average Bonchev–Trinajstić information content (AvgIpc) is 2.94. The minimum Gasteiger partial charge on any atom is -0.492 e. The van der Waals surface area contributed by atoms with E-state index < -0.39 is 0 Å². The topological polar surface area (TPSA) is 24.5 Å². The molecule has 106 valence electrons. The van der Waals surface area contributed by atoms with Gasteiger partial charge >= 0.3 is 0 Å². The molecule has 1 aliphatic rings. The molecule has 0 amide bonds.